The number of nitrogens with zero attached hydrogens (tertiary/aromatic N) is 2. The van der Waals surface area contributed by atoms with Crippen LogP contribution in [0.25, 0.3) is 0 Å². The maximum absolute atomic E-state index is 14.3. The van der Waals surface area contributed by atoms with Crippen molar-refractivity contribution in [2.45, 2.75) is 45.7 Å². The number of carbonyl (C=O) groups excluding carboxylic acids is 1. The molecular formula is C25H34FN3O2. The fourth-order valence-electron chi connectivity index (χ4n) is 2.90. The van der Waals surface area contributed by atoms with Crippen molar-refractivity contribution in [1.82, 2.24) is 15.1 Å². The highest BCUT2D eigenvalue weighted by Gasteiger charge is 2.27. The van der Waals surface area contributed by atoms with E-state index in [1.165, 1.54) is 0 Å². The summed E-state index contributed by atoms with van der Waals surface area (Å²) in [5, 5.41) is 1.97. The highest BCUT2D eigenvalue weighted by atomic mass is 19.1. The maximum Gasteiger partial charge on any atom is 0.318 e. The zero-order chi connectivity index (χ0) is 32.8. The maximum atomic E-state index is 14.3. The smallest absolute Gasteiger partial charge is 0.318 e. The van der Waals surface area contributed by atoms with E-state index in [1.54, 1.807) is 7.05 Å². The number of likely N-dealkylation sites (tertiary alicyclic amines) is 1. The van der Waals surface area contributed by atoms with E-state index in [0.29, 0.717) is 18.0 Å². The third-order valence-electron chi connectivity index (χ3n) is 4.56. The average molecular weight is 440 g/mol. The predicted octanol–water partition coefficient (Wildman–Crippen LogP) is 4.67. The fourth-order valence-corrected chi connectivity index (χ4v) is 2.90. The van der Waals surface area contributed by atoms with Crippen molar-refractivity contribution in [3.63, 3.8) is 0 Å². The van der Waals surface area contributed by atoms with E-state index in [4.69, 9.17) is 21.2 Å². The molecule has 0 unspecified atom stereocenters. The molecule has 1 aliphatic heterocycles. The summed E-state index contributed by atoms with van der Waals surface area (Å²) < 4.78 is 120. The Morgan fingerprint density at radius 1 is 1.19 bits per heavy atom. The number of benzene rings is 2. The summed E-state index contributed by atoms with van der Waals surface area (Å²) in [6.07, 6.45) is 0.359. The van der Waals surface area contributed by atoms with Crippen molar-refractivity contribution in [1.29, 1.82) is 0 Å². The van der Waals surface area contributed by atoms with Crippen LogP contribution in [-0.4, -0.2) is 48.6 Å². The third-order valence-corrected chi connectivity index (χ3v) is 4.56. The predicted molar refractivity (Wildman–Crippen MR) is 121 cm³/mol. The van der Waals surface area contributed by atoms with Gasteiger partial charge in [0.2, 0.25) is 0 Å². The number of amides is 2. The van der Waals surface area contributed by atoms with Crippen molar-refractivity contribution in [2.75, 3.05) is 26.7 Å². The number of rotatable bonds is 8. The van der Waals surface area contributed by atoms with Gasteiger partial charge in [0.15, 0.2) is 0 Å². The largest absolute Gasteiger partial charge is 0.493 e. The normalized spacial score (nSPS) is 21.6. The lowest BCUT2D eigenvalue weighted by Crippen LogP contribution is -2.49. The van der Waals surface area contributed by atoms with Crippen LogP contribution in [-0.2, 0) is 13.0 Å². The number of carbonyl (C=O) groups is 1. The zero-order valence-electron chi connectivity index (χ0n) is 29.8. The van der Waals surface area contributed by atoms with E-state index < -0.39 is 96.1 Å². The van der Waals surface area contributed by atoms with Crippen LogP contribution in [0.1, 0.15) is 54.3 Å². The van der Waals surface area contributed by atoms with Crippen LogP contribution >= 0.6 is 0 Å². The summed E-state index contributed by atoms with van der Waals surface area (Å²) in [5.74, 6) is -1.90. The van der Waals surface area contributed by atoms with Gasteiger partial charge < -0.3 is 19.9 Å². The first-order valence-corrected chi connectivity index (χ1v) is 10.1. The number of nitrogens with one attached hydrogen (secondary N) is 1. The van der Waals surface area contributed by atoms with E-state index in [0.717, 1.165) is 0 Å². The van der Waals surface area contributed by atoms with Gasteiger partial charge in [-0.25, -0.2) is 9.18 Å². The van der Waals surface area contributed by atoms with Crippen LogP contribution in [0.3, 0.4) is 0 Å². The van der Waals surface area contributed by atoms with Gasteiger partial charge in [-0.05, 0) is 74.2 Å². The standard InChI is InChI=1S/C25H34FN3O2/c1-19(2)18-31-24-10-6-20(7-11-24)16-27-25(30)29(23-12-14-28(3)15-13-23)17-21-4-8-22(26)9-5-21/h4-11,19,23H,12-18H2,1-3H3,(H,27,30)/i4D,5D,6D,7D,8D,9D,10D,11D,16D2,17D2. The molecule has 0 aromatic heterocycles. The van der Waals surface area contributed by atoms with Crippen LogP contribution in [0.5, 0.6) is 5.75 Å². The van der Waals surface area contributed by atoms with Gasteiger partial charge in [-0.15, -0.1) is 0 Å². The lowest BCUT2D eigenvalue weighted by molar-refractivity contribution is 0.127. The minimum absolute atomic E-state index is 0.0139. The lowest BCUT2D eigenvalue weighted by atomic mass is 10.0. The van der Waals surface area contributed by atoms with Gasteiger partial charge in [0.05, 0.1) is 23.1 Å². The molecular weight excluding hydrogens is 393 g/mol. The molecule has 0 radical (unpaired) electrons. The topological polar surface area (TPSA) is 44.8 Å². The molecule has 1 fully saturated rings. The molecule has 0 aliphatic carbocycles. The Hall–Kier alpha value is -2.60. The Kier molecular flexibility index (Phi) is 4.26. The molecule has 1 heterocycles. The monoisotopic (exact) mass is 439 g/mol. The fraction of sp³-hybridized carbons (Fsp3) is 0.480. The highest BCUT2D eigenvalue weighted by Crippen LogP contribution is 2.19. The summed E-state index contributed by atoms with van der Waals surface area (Å²) in [5.41, 5.74) is -1.75. The van der Waals surface area contributed by atoms with Gasteiger partial charge in [0.25, 0.3) is 0 Å². The Labute approximate surface area is 202 Å². The first-order valence-electron chi connectivity index (χ1n) is 16.1. The number of hydrogen-bond donors (Lipinski definition) is 1. The lowest BCUT2D eigenvalue weighted by Gasteiger charge is -2.37. The van der Waals surface area contributed by atoms with Crippen molar-refractivity contribution in [3.8, 4) is 5.75 Å². The first kappa shape index (κ1) is 11.9. The molecule has 3 rings (SSSR count). The summed E-state index contributed by atoms with van der Waals surface area (Å²) in [6.45, 7) is -1.73. The van der Waals surface area contributed by atoms with E-state index in [2.05, 4.69) is 0 Å². The SMILES string of the molecule is [2H]c1c([2H])c(C([2H])([2H])N(C(=O)NC([2H])([2H])c2c([2H])c([2H])c(OCC(C)C)c([2H])c2[2H])C2CCN(C)CC2)c([2H])c([2H])c1F. The van der Waals surface area contributed by atoms with E-state index in [-0.39, 0.29) is 25.4 Å². The molecule has 0 atom stereocenters. The molecule has 1 aliphatic rings. The molecule has 2 amide bonds. The van der Waals surface area contributed by atoms with Crippen LogP contribution in [0.15, 0.2) is 48.3 Å². The Bertz CT molecular complexity index is 1340. The van der Waals surface area contributed by atoms with Gasteiger partial charge in [0, 0.05) is 19.0 Å². The molecule has 2 aromatic carbocycles. The second-order valence-electron chi connectivity index (χ2n) is 7.67. The van der Waals surface area contributed by atoms with Crippen molar-refractivity contribution in [3.05, 3.63) is 65.3 Å². The van der Waals surface area contributed by atoms with Gasteiger partial charge in [-0.3, -0.25) is 0 Å². The second kappa shape index (κ2) is 11.1. The molecule has 0 spiro atoms. The Morgan fingerprint density at radius 2 is 1.81 bits per heavy atom. The van der Waals surface area contributed by atoms with Gasteiger partial charge in [-0.2, -0.15) is 0 Å². The van der Waals surface area contributed by atoms with Crippen LogP contribution in [0.4, 0.5) is 9.18 Å². The molecule has 5 nitrogen and oxygen atoms in total. The number of halogens is 1. The van der Waals surface area contributed by atoms with E-state index in [1.807, 2.05) is 24.1 Å². The van der Waals surface area contributed by atoms with Crippen LogP contribution in [0.2, 0.25) is 0 Å². The molecule has 1 N–H and O–H groups in total. The van der Waals surface area contributed by atoms with Crippen LogP contribution < -0.4 is 10.1 Å². The minimum atomic E-state index is -3.11. The van der Waals surface area contributed by atoms with Gasteiger partial charge in [0.1, 0.15) is 11.6 Å². The highest BCUT2D eigenvalue weighted by molar-refractivity contribution is 5.74. The Morgan fingerprint density at radius 3 is 2.42 bits per heavy atom. The zero-order valence-corrected chi connectivity index (χ0v) is 17.8. The van der Waals surface area contributed by atoms with E-state index in [9.17, 15) is 9.18 Å². The summed E-state index contributed by atoms with van der Waals surface area (Å²) >= 11 is 0. The molecule has 168 valence electrons. The quantitative estimate of drug-likeness (QED) is 0.650. The molecule has 31 heavy (non-hydrogen) atoms. The number of hydrogen-bond acceptors (Lipinski definition) is 3. The minimum Gasteiger partial charge on any atom is -0.493 e. The van der Waals surface area contributed by atoms with Crippen LogP contribution in [0, 0.1) is 11.7 Å². The number of urea groups is 1. The summed E-state index contributed by atoms with van der Waals surface area (Å²) in [6, 6.07) is -9.71. The average Bonchev–Trinajstić information content (AvgIpc) is 2.90. The first-order chi connectivity index (χ1) is 19.7. The second-order valence-corrected chi connectivity index (χ2v) is 7.67. The summed E-state index contributed by atoms with van der Waals surface area (Å²) in [7, 11) is 1.80. The third kappa shape index (κ3) is 7.24. The van der Waals surface area contributed by atoms with Crippen molar-refractivity contribution in [2.24, 2.45) is 5.92 Å². The van der Waals surface area contributed by atoms with Gasteiger partial charge in [-0.1, -0.05) is 38.0 Å². The van der Waals surface area contributed by atoms with Gasteiger partial charge >= 0.3 is 6.03 Å². The molecule has 2 aromatic rings. The molecule has 1 saturated heterocycles. The van der Waals surface area contributed by atoms with Crippen molar-refractivity contribution < 1.29 is 30.4 Å². The summed E-state index contributed by atoms with van der Waals surface area (Å²) in [4.78, 5) is 16.3. The molecule has 6 heteroatoms. The molecule has 0 bridgehead atoms. The molecule has 0 saturated carbocycles. The van der Waals surface area contributed by atoms with Crippen molar-refractivity contribution >= 4 is 6.03 Å². The number of ether oxygens (including phenoxy) is 1. The number of piperidine rings is 1. The Balaban J connectivity index is 2.13. The van der Waals surface area contributed by atoms with E-state index >= 15 is 0 Å².